The molecule has 0 bridgehead atoms. The van der Waals surface area contributed by atoms with E-state index in [1.54, 1.807) is 31.2 Å². The van der Waals surface area contributed by atoms with Crippen LogP contribution in [0.25, 0.3) is 0 Å². The van der Waals surface area contributed by atoms with Crippen LogP contribution in [0.1, 0.15) is 37.3 Å². The highest BCUT2D eigenvalue weighted by Crippen LogP contribution is 2.27. The monoisotopic (exact) mass is 432 g/mol. The zero-order chi connectivity index (χ0) is 22.8. The number of hydrogen-bond acceptors (Lipinski definition) is 4. The first kappa shape index (κ1) is 22.9. The second-order valence-corrected chi connectivity index (χ2v) is 7.28. The Bertz CT molecular complexity index is 952. The van der Waals surface area contributed by atoms with Gasteiger partial charge in [-0.15, -0.1) is 0 Å². The summed E-state index contributed by atoms with van der Waals surface area (Å²) in [5.41, 5.74) is 7.03. The molecule has 3 rings (SSSR count). The lowest BCUT2D eigenvalue weighted by Crippen LogP contribution is -2.47. The van der Waals surface area contributed by atoms with Crippen molar-refractivity contribution in [2.45, 2.75) is 32.3 Å². The van der Waals surface area contributed by atoms with Gasteiger partial charge in [0.05, 0.1) is 6.61 Å². The van der Waals surface area contributed by atoms with Crippen molar-refractivity contribution in [3.05, 3.63) is 96.1 Å². The molecule has 0 spiro atoms. The highest BCUT2D eigenvalue weighted by molar-refractivity contribution is 5.85. The Balaban J connectivity index is 1.54. The molecule has 1 atom stereocenters. The van der Waals surface area contributed by atoms with E-state index in [-0.39, 0.29) is 18.2 Å². The molecular weight excluding hydrogens is 404 g/mol. The van der Waals surface area contributed by atoms with Gasteiger partial charge in [-0.05, 0) is 49.2 Å². The van der Waals surface area contributed by atoms with E-state index in [0.717, 1.165) is 16.9 Å². The van der Waals surface area contributed by atoms with Gasteiger partial charge in [0.2, 0.25) is 5.91 Å². The Labute approximate surface area is 188 Å². The number of hydrogen-bond donors (Lipinski definition) is 2. The van der Waals surface area contributed by atoms with Crippen LogP contribution < -0.4 is 20.3 Å². The minimum atomic E-state index is -0.785. The molecule has 0 radical (unpaired) electrons. The topological polar surface area (TPSA) is 76.7 Å². The molecule has 2 N–H and O–H groups in total. The second-order valence-electron chi connectivity index (χ2n) is 7.28. The second kappa shape index (κ2) is 11.6. The van der Waals surface area contributed by atoms with Crippen LogP contribution in [-0.2, 0) is 9.59 Å². The van der Waals surface area contributed by atoms with Crippen molar-refractivity contribution in [2.75, 3.05) is 6.61 Å². The molecule has 0 aliphatic heterocycles. The zero-order valence-corrected chi connectivity index (χ0v) is 18.3. The zero-order valence-electron chi connectivity index (χ0n) is 18.3. The molecule has 3 aromatic rings. The standard InChI is InChI=1S/C26H28N2O4/c1-3-31-22-14-16-23(17-15-22)32-19(2)26(30)28-27-25(29)18-24(20-10-6-4-7-11-20)21-12-8-5-9-13-21/h4-17,19,24H,3,18H2,1-2H3,(H,27,29)(H,28,30). The minimum Gasteiger partial charge on any atom is -0.494 e. The maximum Gasteiger partial charge on any atom is 0.279 e. The van der Waals surface area contributed by atoms with E-state index in [9.17, 15) is 9.59 Å². The van der Waals surface area contributed by atoms with Gasteiger partial charge in [-0.3, -0.25) is 20.4 Å². The van der Waals surface area contributed by atoms with Crippen LogP contribution >= 0.6 is 0 Å². The average molecular weight is 433 g/mol. The van der Waals surface area contributed by atoms with Gasteiger partial charge in [0.1, 0.15) is 11.5 Å². The summed E-state index contributed by atoms with van der Waals surface area (Å²) in [5.74, 6) is 0.422. The van der Waals surface area contributed by atoms with Gasteiger partial charge in [0.15, 0.2) is 6.10 Å². The fourth-order valence-electron chi connectivity index (χ4n) is 3.31. The summed E-state index contributed by atoms with van der Waals surface area (Å²) in [6, 6.07) is 26.7. The van der Waals surface area contributed by atoms with E-state index in [2.05, 4.69) is 10.9 Å². The van der Waals surface area contributed by atoms with Crippen LogP contribution in [0.4, 0.5) is 0 Å². The van der Waals surface area contributed by atoms with E-state index < -0.39 is 12.0 Å². The number of rotatable bonds is 9. The molecule has 2 amide bonds. The van der Waals surface area contributed by atoms with Crippen molar-refractivity contribution in [1.29, 1.82) is 0 Å². The Morgan fingerprint density at radius 2 is 1.31 bits per heavy atom. The molecule has 0 fully saturated rings. The Hall–Kier alpha value is -3.80. The third-order valence-electron chi connectivity index (χ3n) is 4.94. The molecule has 0 heterocycles. The summed E-state index contributed by atoms with van der Waals surface area (Å²) < 4.78 is 11.0. The molecule has 3 aromatic carbocycles. The summed E-state index contributed by atoms with van der Waals surface area (Å²) >= 11 is 0. The summed E-state index contributed by atoms with van der Waals surface area (Å²) in [6.07, 6.45) is -0.588. The Morgan fingerprint density at radius 3 is 1.84 bits per heavy atom. The van der Waals surface area contributed by atoms with Gasteiger partial charge in [0, 0.05) is 12.3 Å². The fraction of sp³-hybridized carbons (Fsp3) is 0.231. The van der Waals surface area contributed by atoms with E-state index in [1.807, 2.05) is 67.6 Å². The van der Waals surface area contributed by atoms with E-state index >= 15 is 0 Å². The van der Waals surface area contributed by atoms with Crippen LogP contribution in [0, 0.1) is 0 Å². The molecule has 6 nitrogen and oxygen atoms in total. The van der Waals surface area contributed by atoms with E-state index in [1.165, 1.54) is 0 Å². The smallest absolute Gasteiger partial charge is 0.279 e. The summed E-state index contributed by atoms with van der Waals surface area (Å²) in [6.45, 7) is 4.11. The number of benzene rings is 3. The third kappa shape index (κ3) is 6.60. The van der Waals surface area contributed by atoms with Gasteiger partial charge >= 0.3 is 0 Å². The molecule has 0 aliphatic carbocycles. The minimum absolute atomic E-state index is 0.119. The Kier molecular flexibility index (Phi) is 8.26. The molecule has 0 aromatic heterocycles. The van der Waals surface area contributed by atoms with Crippen molar-refractivity contribution in [2.24, 2.45) is 0 Å². The molecule has 1 unspecified atom stereocenters. The number of carbonyl (C=O) groups excluding carboxylic acids is 2. The van der Waals surface area contributed by atoms with Crippen LogP contribution in [0.2, 0.25) is 0 Å². The number of carbonyl (C=O) groups is 2. The van der Waals surface area contributed by atoms with Crippen LogP contribution in [-0.4, -0.2) is 24.5 Å². The third-order valence-corrected chi connectivity index (χ3v) is 4.94. The SMILES string of the molecule is CCOc1ccc(OC(C)C(=O)NNC(=O)CC(c2ccccc2)c2ccccc2)cc1. The van der Waals surface area contributed by atoms with Crippen LogP contribution in [0.15, 0.2) is 84.9 Å². The maximum absolute atomic E-state index is 12.6. The lowest BCUT2D eigenvalue weighted by atomic mass is 9.88. The fourth-order valence-corrected chi connectivity index (χ4v) is 3.31. The first-order chi connectivity index (χ1) is 15.6. The van der Waals surface area contributed by atoms with Crippen molar-refractivity contribution in [1.82, 2.24) is 10.9 Å². The van der Waals surface area contributed by atoms with Crippen molar-refractivity contribution >= 4 is 11.8 Å². The molecule has 0 saturated heterocycles. The van der Waals surface area contributed by atoms with Gasteiger partial charge in [-0.2, -0.15) is 0 Å². The highest BCUT2D eigenvalue weighted by Gasteiger charge is 2.20. The van der Waals surface area contributed by atoms with Gasteiger partial charge in [-0.25, -0.2) is 0 Å². The average Bonchev–Trinajstić information content (AvgIpc) is 2.83. The van der Waals surface area contributed by atoms with Crippen molar-refractivity contribution < 1.29 is 19.1 Å². The number of ether oxygens (including phenoxy) is 2. The summed E-state index contributed by atoms with van der Waals surface area (Å²) in [5, 5.41) is 0. The summed E-state index contributed by atoms with van der Waals surface area (Å²) in [7, 11) is 0. The van der Waals surface area contributed by atoms with Gasteiger partial charge in [0.25, 0.3) is 5.91 Å². The molecule has 32 heavy (non-hydrogen) atoms. The van der Waals surface area contributed by atoms with Crippen LogP contribution in [0.3, 0.4) is 0 Å². The molecule has 0 saturated carbocycles. The Morgan fingerprint density at radius 1 is 0.781 bits per heavy atom. The maximum atomic E-state index is 12.6. The number of amides is 2. The highest BCUT2D eigenvalue weighted by atomic mass is 16.5. The number of nitrogens with one attached hydrogen (secondary N) is 2. The van der Waals surface area contributed by atoms with E-state index in [4.69, 9.17) is 9.47 Å². The largest absolute Gasteiger partial charge is 0.494 e. The normalized spacial score (nSPS) is 11.5. The van der Waals surface area contributed by atoms with Gasteiger partial charge in [-0.1, -0.05) is 60.7 Å². The predicted molar refractivity (Wildman–Crippen MR) is 123 cm³/mol. The quantitative estimate of drug-likeness (QED) is 0.497. The summed E-state index contributed by atoms with van der Waals surface area (Å²) in [4.78, 5) is 25.0. The molecule has 0 aliphatic rings. The van der Waals surface area contributed by atoms with E-state index in [0.29, 0.717) is 12.4 Å². The lowest BCUT2D eigenvalue weighted by Gasteiger charge is -2.19. The van der Waals surface area contributed by atoms with Crippen LogP contribution in [0.5, 0.6) is 11.5 Å². The predicted octanol–water partition coefficient (Wildman–Crippen LogP) is 4.22. The molecule has 6 heteroatoms. The lowest BCUT2D eigenvalue weighted by molar-refractivity contribution is -0.132. The van der Waals surface area contributed by atoms with Crippen molar-refractivity contribution in [3.8, 4) is 11.5 Å². The first-order valence-corrected chi connectivity index (χ1v) is 10.6. The molecule has 166 valence electrons. The van der Waals surface area contributed by atoms with Crippen molar-refractivity contribution in [3.63, 3.8) is 0 Å². The first-order valence-electron chi connectivity index (χ1n) is 10.6. The van der Waals surface area contributed by atoms with Gasteiger partial charge < -0.3 is 9.47 Å². The number of hydrazine groups is 1. The molecular formula is C26H28N2O4.